The number of piperazine rings is 1. The first-order valence-electron chi connectivity index (χ1n) is 34.6. The Bertz CT molecular complexity index is 4710. The average Bonchev–Trinajstić information content (AvgIpc) is 1.77. The molecule has 113 heavy (non-hydrogen) atoms. The van der Waals surface area contributed by atoms with Crippen molar-refractivity contribution in [3.63, 3.8) is 0 Å². The quantitative estimate of drug-likeness (QED) is 0.00412. The third-order valence-corrected chi connectivity index (χ3v) is 20.8. The summed E-state index contributed by atoms with van der Waals surface area (Å²) in [4.78, 5) is 119. The molecule has 2 unspecified atom stereocenters. The highest BCUT2D eigenvalue weighted by molar-refractivity contribution is 7.85. The third-order valence-electron chi connectivity index (χ3n) is 19.5. The zero-order chi connectivity index (χ0) is 83.3. The number of fused-ring (bicyclic) bond motifs is 2. The number of nitrogens with one attached hydrogen (secondary N) is 5. The number of phosphoric acid groups is 1. The first-order chi connectivity index (χ1) is 52.6. The Kier molecular flexibility index (Phi) is 26.8. The van der Waals surface area contributed by atoms with Crippen molar-refractivity contribution in [3.8, 4) is 28.8 Å². The van der Waals surface area contributed by atoms with Crippen LogP contribution in [0.4, 0.5) is 65.1 Å². The second kappa shape index (κ2) is 34.8. The van der Waals surface area contributed by atoms with E-state index in [-0.39, 0.29) is 38.2 Å². The van der Waals surface area contributed by atoms with Crippen molar-refractivity contribution in [1.82, 2.24) is 51.0 Å². The molecule has 3 fully saturated rings. The van der Waals surface area contributed by atoms with Crippen molar-refractivity contribution in [3.05, 3.63) is 148 Å². The zero-order valence-electron chi connectivity index (χ0n) is 62.0. The Labute approximate surface area is 641 Å². The first-order valence-corrected chi connectivity index (χ1v) is 37.6. The van der Waals surface area contributed by atoms with E-state index in [1.165, 1.54) is 69.6 Å². The number of esters is 1. The number of benzene rings is 4. The van der Waals surface area contributed by atoms with Crippen LogP contribution >= 0.6 is 7.82 Å². The summed E-state index contributed by atoms with van der Waals surface area (Å²) >= 11 is 0. The van der Waals surface area contributed by atoms with Crippen molar-refractivity contribution in [2.75, 3.05) is 57.3 Å². The van der Waals surface area contributed by atoms with E-state index < -0.39 is 185 Å². The fourth-order valence-electron chi connectivity index (χ4n) is 13.4. The summed E-state index contributed by atoms with van der Waals surface area (Å²) in [6.45, 7) is 2.57. The number of nitrogens with zero attached hydrogens (tertiary/aromatic N) is 7. The predicted octanol–water partition coefficient (Wildman–Crippen LogP) is 9.14. The van der Waals surface area contributed by atoms with Crippen molar-refractivity contribution in [2.24, 2.45) is 10.8 Å². The third kappa shape index (κ3) is 21.7. The number of ether oxygens (including phenoxy) is 4. The fraction of sp³-hybridized carbons (Fsp3) is 0.458. The van der Waals surface area contributed by atoms with Crippen LogP contribution in [0, 0.1) is 41.2 Å². The van der Waals surface area contributed by atoms with Gasteiger partial charge < -0.3 is 49.6 Å². The molecule has 612 valence electrons. The Morgan fingerprint density at radius 1 is 0.761 bits per heavy atom. The van der Waals surface area contributed by atoms with Crippen LogP contribution in [0.25, 0.3) is 11.3 Å². The number of amides is 5. The number of carbonyl (C=O) groups excluding carboxylic acids is 6. The number of hydrazine groups is 1. The zero-order valence-corrected chi connectivity index (χ0v) is 63.7. The number of aromatic nitrogens is 4. The lowest BCUT2D eigenvalue weighted by atomic mass is 9.77. The number of hydrogen-bond donors (Lipinski definition) is 8. The maximum absolute atomic E-state index is 16.9. The number of phosphoric ester groups is 1. The summed E-state index contributed by atoms with van der Waals surface area (Å²) in [7, 11) is -8.99. The topological polar surface area (TPSA) is 374 Å². The van der Waals surface area contributed by atoms with Crippen LogP contribution in [0.3, 0.4) is 0 Å². The number of aryl methyl sites for hydroxylation is 1. The molecule has 0 spiro atoms. The van der Waals surface area contributed by atoms with Crippen molar-refractivity contribution in [1.29, 1.82) is 0 Å². The normalized spacial score (nSPS) is 16.9. The monoisotopic (exact) mass is 1640 g/mol. The van der Waals surface area contributed by atoms with Gasteiger partial charge in [-0.05, 0) is 125 Å². The van der Waals surface area contributed by atoms with Gasteiger partial charge in [0, 0.05) is 83.7 Å². The molecule has 41 heteroatoms. The van der Waals surface area contributed by atoms with Gasteiger partial charge in [-0.1, -0.05) is 50.0 Å². The molecule has 9 rings (SSSR count). The van der Waals surface area contributed by atoms with Crippen LogP contribution in [0.15, 0.2) is 102 Å². The molecule has 6 atom stereocenters. The highest BCUT2D eigenvalue weighted by Crippen LogP contribution is 2.47. The average molecular weight is 1640 g/mol. The SMILES string of the molecule is COC(=O)N[C@H](C(=O)N[C@@H](Cc1ccc(C#Cc2cnc(N3CC4CCC(C3)N4C3COC3)nc2)cc1)[C@H](CN(Cc1c(F)cc(-c2ccn(C(F)F)n2)cc1F)NC(=O)[C@@H](NC(=O)OC)C(C)(C)C(F)(F)F)OC(=O)CC(C)(C)c1c(CC(=O)Nc2cccc(S(=O)(=O)O)c2)cc(C)cc1OP(=O)(O)O)C(C)(C)C(F)(F)F. The number of anilines is 2. The summed E-state index contributed by atoms with van der Waals surface area (Å²) in [5, 5.41) is 12.4. The maximum Gasteiger partial charge on any atom is 0.524 e. The molecule has 3 aliphatic heterocycles. The highest BCUT2D eigenvalue weighted by atomic mass is 32.2. The molecule has 5 amide bonds. The number of rotatable bonds is 29. The number of hydrogen-bond acceptors (Lipinski definition) is 20. The Balaban J connectivity index is 1.17. The van der Waals surface area contributed by atoms with Gasteiger partial charge in [0.15, 0.2) is 0 Å². The minimum absolute atomic E-state index is 0.0692. The van der Waals surface area contributed by atoms with E-state index in [1.807, 2.05) is 5.32 Å². The summed E-state index contributed by atoms with van der Waals surface area (Å²) in [5.41, 5.74) is -8.30. The fourth-order valence-corrected chi connectivity index (χ4v) is 14.3. The molecular weight excluding hydrogens is 1560 g/mol. The molecule has 0 radical (unpaired) electrons. The van der Waals surface area contributed by atoms with Crippen LogP contribution in [-0.4, -0.2) is 190 Å². The molecule has 8 N–H and O–H groups in total. The molecule has 5 heterocycles. The molecule has 6 aromatic rings. The van der Waals surface area contributed by atoms with Gasteiger partial charge in [0.25, 0.3) is 16.0 Å². The predicted molar refractivity (Wildman–Crippen MR) is 381 cm³/mol. The van der Waals surface area contributed by atoms with Gasteiger partial charge in [-0.3, -0.25) is 43.8 Å². The van der Waals surface area contributed by atoms with Gasteiger partial charge in [-0.25, -0.2) is 42.6 Å². The summed E-state index contributed by atoms with van der Waals surface area (Å²) in [6, 6.07) is 7.77. The summed E-state index contributed by atoms with van der Waals surface area (Å²) in [6.07, 6.45) is -13.2. The van der Waals surface area contributed by atoms with Crippen LogP contribution in [0.5, 0.6) is 5.75 Å². The van der Waals surface area contributed by atoms with E-state index in [1.54, 1.807) is 5.32 Å². The molecule has 2 bridgehead atoms. The smallest absolute Gasteiger partial charge is 0.459 e. The number of methoxy groups -OCH3 is 2. The minimum Gasteiger partial charge on any atom is -0.459 e. The van der Waals surface area contributed by atoms with Gasteiger partial charge in [0.05, 0.1) is 85.9 Å². The van der Waals surface area contributed by atoms with Gasteiger partial charge in [0.2, 0.25) is 17.8 Å². The number of alkyl halides is 8. The van der Waals surface area contributed by atoms with Crippen LogP contribution < -0.4 is 36.1 Å². The molecular formula is C72H81F10N12O17PS. The minimum atomic E-state index is -5.63. The first kappa shape index (κ1) is 87.0. The molecule has 0 saturated carbocycles. The van der Waals surface area contributed by atoms with Crippen molar-refractivity contribution < 1.29 is 123 Å². The number of halogens is 10. The maximum atomic E-state index is 16.9. The van der Waals surface area contributed by atoms with E-state index >= 15 is 44.7 Å². The number of carbonyl (C=O) groups is 6. The Morgan fingerprint density at radius 3 is 1.86 bits per heavy atom. The molecule has 3 aliphatic rings. The lowest BCUT2D eigenvalue weighted by Gasteiger charge is -2.47. The molecule has 29 nitrogen and oxygen atoms in total. The van der Waals surface area contributed by atoms with Gasteiger partial charge in [0.1, 0.15) is 35.6 Å². The van der Waals surface area contributed by atoms with Crippen LogP contribution in [0.2, 0.25) is 0 Å². The lowest BCUT2D eigenvalue weighted by molar-refractivity contribution is -0.221. The van der Waals surface area contributed by atoms with Crippen LogP contribution in [-0.2, 0) is 77.6 Å². The van der Waals surface area contributed by atoms with Gasteiger partial charge in [-0.2, -0.15) is 48.6 Å². The van der Waals surface area contributed by atoms with E-state index in [9.17, 15) is 55.3 Å². The summed E-state index contributed by atoms with van der Waals surface area (Å²) < 4.78 is 225. The van der Waals surface area contributed by atoms with Crippen molar-refractivity contribution >= 4 is 65.5 Å². The molecule has 4 aromatic carbocycles. The Morgan fingerprint density at radius 2 is 1.34 bits per heavy atom. The summed E-state index contributed by atoms with van der Waals surface area (Å²) in [5.74, 6) is -3.49. The standard InChI is InChI=1S/C72H81F10N12O17PS/c1-39-23-44(28-57(95)85-45-11-10-12-49(29-45)113(104,105)106)59(55(24-39)111-112(101,102)103)68(2,3)30-58(96)110-56(36-92(90-63(98)61(88-67(100)108-9)70(6,7)72(80,81)82)35-50-51(73)26-43(27-52(50)74)53-21-22-93(89-53)64(75)76)54(86-62(97)60(87-66(99)107-8)69(4,5)71(77,78)79)25-41-16-13-40(14-17-41)15-18-42-31-83-65(84-32-42)91-33-46-19-20-47(34-91)94(46)48-37-109-38-48/h10-14,16-17,21-24,26-27,29,31-32,46-48,54,56,60-61,64H,19-20,25,28,30,33-38H2,1-9H3,(H,85,95)(H,86,97)(H,87,99)(H,88,100)(H,90,98)(H2,101,102,103)(H,104,105,106)/t46?,47?,54-,56-,60+,61+/m0/s1. The second-order valence-corrected chi connectivity index (χ2v) is 31.6. The lowest BCUT2D eigenvalue weighted by Crippen LogP contribution is -2.64. The van der Waals surface area contributed by atoms with Gasteiger partial charge in [-0.15, -0.1) is 0 Å². The van der Waals surface area contributed by atoms with E-state index in [0.29, 0.717) is 108 Å². The van der Waals surface area contributed by atoms with Crippen LogP contribution in [0.1, 0.15) is 106 Å². The van der Waals surface area contributed by atoms with Gasteiger partial charge >= 0.3 is 44.9 Å². The van der Waals surface area contributed by atoms with E-state index in [2.05, 4.69) is 62.2 Å². The highest BCUT2D eigenvalue weighted by Gasteiger charge is 2.58. The Hall–Kier alpha value is -10.0. The number of alkyl carbamates (subject to hydrolysis) is 2. The second-order valence-electron chi connectivity index (χ2n) is 29.0. The van der Waals surface area contributed by atoms with Crippen molar-refractivity contribution in [2.45, 2.75) is 159 Å². The molecule has 3 saturated heterocycles. The molecule has 0 aliphatic carbocycles. The van der Waals surface area contributed by atoms with E-state index in [0.717, 1.165) is 56.5 Å². The molecule has 2 aromatic heterocycles. The van der Waals surface area contributed by atoms with E-state index in [4.69, 9.17) is 14.0 Å². The largest absolute Gasteiger partial charge is 0.524 e.